The zero-order valence-corrected chi connectivity index (χ0v) is 20.4. The van der Waals surface area contributed by atoms with Crippen molar-refractivity contribution < 1.29 is 9.59 Å². The van der Waals surface area contributed by atoms with Crippen molar-refractivity contribution in [3.05, 3.63) is 54.1 Å². The molecule has 0 spiro atoms. The van der Waals surface area contributed by atoms with Crippen LogP contribution in [0.4, 0.5) is 5.69 Å². The molecule has 6 nitrogen and oxygen atoms in total. The van der Waals surface area contributed by atoms with Crippen LogP contribution in [0.5, 0.6) is 0 Å². The van der Waals surface area contributed by atoms with Gasteiger partial charge in [0.2, 0.25) is 11.8 Å². The third kappa shape index (κ3) is 5.77. The van der Waals surface area contributed by atoms with Crippen molar-refractivity contribution >= 4 is 40.3 Å². The van der Waals surface area contributed by atoms with Gasteiger partial charge < -0.3 is 14.8 Å². The maximum absolute atomic E-state index is 13.2. The monoisotopic (exact) mass is 464 g/mol. The van der Waals surface area contributed by atoms with Gasteiger partial charge in [-0.25, -0.2) is 4.98 Å². The molecule has 1 saturated heterocycles. The number of benzene rings is 2. The van der Waals surface area contributed by atoms with E-state index in [4.69, 9.17) is 4.98 Å². The molecule has 4 rings (SSSR count). The summed E-state index contributed by atoms with van der Waals surface area (Å²) in [6, 6.07) is 15.7. The number of anilines is 1. The Labute approximate surface area is 199 Å². The summed E-state index contributed by atoms with van der Waals surface area (Å²) < 4.78 is 1.96. The predicted molar refractivity (Wildman–Crippen MR) is 134 cm³/mol. The van der Waals surface area contributed by atoms with Gasteiger partial charge in [0.1, 0.15) is 6.54 Å². The Balaban J connectivity index is 1.47. The molecule has 174 valence electrons. The molecule has 0 radical (unpaired) electrons. The molecule has 3 aromatic rings. The van der Waals surface area contributed by atoms with Crippen molar-refractivity contribution in [2.75, 3.05) is 24.2 Å². The van der Waals surface area contributed by atoms with E-state index < -0.39 is 0 Å². The number of thioether (sulfide) groups is 1. The van der Waals surface area contributed by atoms with E-state index in [1.807, 2.05) is 58.0 Å². The highest BCUT2D eigenvalue weighted by atomic mass is 32.2. The van der Waals surface area contributed by atoms with Gasteiger partial charge in [0.25, 0.3) is 0 Å². The lowest BCUT2D eigenvalue weighted by molar-refractivity contribution is -0.134. The van der Waals surface area contributed by atoms with Crippen LogP contribution in [-0.2, 0) is 22.6 Å². The third-order valence-corrected chi connectivity index (χ3v) is 7.06. The predicted octanol–water partition coefficient (Wildman–Crippen LogP) is 4.83. The van der Waals surface area contributed by atoms with Crippen molar-refractivity contribution in [1.82, 2.24) is 14.5 Å². The molecule has 2 atom stereocenters. The van der Waals surface area contributed by atoms with Gasteiger partial charge in [-0.1, -0.05) is 56.8 Å². The lowest BCUT2D eigenvalue weighted by atomic mass is 9.92. The number of hydrogen-bond donors (Lipinski definition) is 1. The van der Waals surface area contributed by atoms with E-state index in [0.29, 0.717) is 17.0 Å². The highest BCUT2D eigenvalue weighted by molar-refractivity contribution is 7.99. The van der Waals surface area contributed by atoms with E-state index in [9.17, 15) is 9.59 Å². The first kappa shape index (κ1) is 23.4. The van der Waals surface area contributed by atoms with Crippen LogP contribution < -0.4 is 5.32 Å². The molecule has 2 aromatic carbocycles. The second-order valence-corrected chi connectivity index (χ2v) is 10.0. The van der Waals surface area contributed by atoms with E-state index in [-0.39, 0.29) is 24.1 Å². The number of imidazole rings is 1. The second-order valence-electron chi connectivity index (χ2n) is 9.10. The van der Waals surface area contributed by atoms with Crippen LogP contribution in [0.1, 0.15) is 32.8 Å². The number of nitrogens with one attached hydrogen (secondary N) is 1. The zero-order chi connectivity index (χ0) is 23.4. The number of likely N-dealkylation sites (tertiary alicyclic amines) is 1. The van der Waals surface area contributed by atoms with Gasteiger partial charge in [-0.05, 0) is 54.5 Å². The van der Waals surface area contributed by atoms with Gasteiger partial charge in [-0.3, -0.25) is 9.59 Å². The summed E-state index contributed by atoms with van der Waals surface area (Å²) in [5, 5.41) is 3.66. The molecular weight excluding hydrogens is 432 g/mol. The fourth-order valence-electron chi connectivity index (χ4n) is 4.61. The molecular formula is C26H32N4O2S. The lowest BCUT2D eigenvalue weighted by Gasteiger charge is -2.35. The summed E-state index contributed by atoms with van der Waals surface area (Å²) in [4.78, 5) is 32.5. The highest BCUT2D eigenvalue weighted by Gasteiger charge is 2.26. The average Bonchev–Trinajstić information content (AvgIpc) is 3.14. The first-order chi connectivity index (χ1) is 15.9. The first-order valence-corrected chi connectivity index (χ1v) is 12.7. The molecule has 1 aromatic heterocycles. The quantitative estimate of drug-likeness (QED) is 0.509. The number of amides is 2. The van der Waals surface area contributed by atoms with Crippen LogP contribution in [0.3, 0.4) is 0 Å². The second kappa shape index (κ2) is 10.4. The van der Waals surface area contributed by atoms with Crippen molar-refractivity contribution in [3.8, 4) is 0 Å². The number of para-hydroxylation sites is 2. The van der Waals surface area contributed by atoms with Gasteiger partial charge >= 0.3 is 0 Å². The summed E-state index contributed by atoms with van der Waals surface area (Å²) in [6.07, 6.45) is 2.08. The largest absolute Gasteiger partial charge is 0.341 e. The van der Waals surface area contributed by atoms with Crippen LogP contribution in [-0.4, -0.2) is 45.1 Å². The minimum atomic E-state index is -0.0862. The van der Waals surface area contributed by atoms with Crippen LogP contribution >= 0.6 is 11.8 Å². The normalized spacial score (nSPS) is 18.5. The fraction of sp³-hybridized carbons (Fsp3) is 0.423. The molecule has 1 fully saturated rings. The standard InChI is InChI=1S/C26H32N4O2S/c1-4-20-8-7-9-21(13-20)27-24(31)17-33-26-28-22-10-5-6-11-23(22)30(26)16-25(32)29-14-18(2)12-19(3)15-29/h5-11,13,18-19H,4,12,14-17H2,1-3H3,(H,27,31)/t18-,19-/m1/s1. The van der Waals surface area contributed by atoms with Crippen LogP contribution in [0, 0.1) is 11.8 Å². The third-order valence-electron chi connectivity index (χ3n) is 6.09. The van der Waals surface area contributed by atoms with E-state index in [0.717, 1.165) is 42.7 Å². The number of hydrogen-bond acceptors (Lipinski definition) is 4. The SMILES string of the molecule is CCc1cccc(NC(=O)CSc2nc3ccccc3n2CC(=O)N2C[C@H](C)C[C@@H](C)C2)c1. The van der Waals surface area contributed by atoms with Crippen molar-refractivity contribution in [1.29, 1.82) is 0 Å². The number of fused-ring (bicyclic) bond motifs is 1. The number of rotatable bonds is 7. The summed E-state index contributed by atoms with van der Waals surface area (Å²) in [6.45, 7) is 8.35. The smallest absolute Gasteiger partial charge is 0.242 e. The van der Waals surface area contributed by atoms with Gasteiger partial charge in [0.05, 0.1) is 16.8 Å². The molecule has 1 aliphatic rings. The molecule has 0 saturated carbocycles. The molecule has 0 bridgehead atoms. The fourth-order valence-corrected chi connectivity index (χ4v) is 5.43. The van der Waals surface area contributed by atoms with Crippen LogP contribution in [0.2, 0.25) is 0 Å². The summed E-state index contributed by atoms with van der Waals surface area (Å²) in [5.41, 5.74) is 3.74. The Hall–Kier alpha value is -2.80. The molecule has 0 unspecified atom stereocenters. The van der Waals surface area contributed by atoms with E-state index in [2.05, 4.69) is 26.1 Å². The molecule has 0 aliphatic carbocycles. The summed E-state index contributed by atoms with van der Waals surface area (Å²) >= 11 is 1.37. The van der Waals surface area contributed by atoms with Crippen molar-refractivity contribution in [3.63, 3.8) is 0 Å². The Kier molecular flexibility index (Phi) is 7.38. The lowest BCUT2D eigenvalue weighted by Crippen LogP contribution is -2.44. The van der Waals surface area contributed by atoms with E-state index in [1.165, 1.54) is 17.3 Å². The molecule has 2 heterocycles. The van der Waals surface area contributed by atoms with Gasteiger partial charge in [-0.15, -0.1) is 0 Å². The number of piperidine rings is 1. The Morgan fingerprint density at radius 2 is 1.85 bits per heavy atom. The summed E-state index contributed by atoms with van der Waals surface area (Å²) in [5.74, 6) is 1.28. The van der Waals surface area contributed by atoms with E-state index in [1.54, 1.807) is 0 Å². The highest BCUT2D eigenvalue weighted by Crippen LogP contribution is 2.26. The Morgan fingerprint density at radius 3 is 2.61 bits per heavy atom. The number of carbonyl (C=O) groups is 2. The zero-order valence-electron chi connectivity index (χ0n) is 19.6. The number of aromatic nitrogens is 2. The van der Waals surface area contributed by atoms with Gasteiger partial charge in [0.15, 0.2) is 5.16 Å². The average molecular weight is 465 g/mol. The number of nitrogens with zero attached hydrogens (tertiary/aromatic N) is 3. The topological polar surface area (TPSA) is 67.2 Å². The maximum Gasteiger partial charge on any atom is 0.242 e. The molecule has 1 aliphatic heterocycles. The maximum atomic E-state index is 13.2. The molecule has 7 heteroatoms. The minimum Gasteiger partial charge on any atom is -0.341 e. The number of carbonyl (C=O) groups excluding carboxylic acids is 2. The number of aryl methyl sites for hydroxylation is 1. The minimum absolute atomic E-state index is 0.0862. The summed E-state index contributed by atoms with van der Waals surface area (Å²) in [7, 11) is 0. The molecule has 1 N–H and O–H groups in total. The molecule has 33 heavy (non-hydrogen) atoms. The Morgan fingerprint density at radius 1 is 1.09 bits per heavy atom. The first-order valence-electron chi connectivity index (χ1n) is 11.7. The van der Waals surface area contributed by atoms with Crippen molar-refractivity contribution in [2.24, 2.45) is 11.8 Å². The van der Waals surface area contributed by atoms with Gasteiger partial charge in [-0.2, -0.15) is 0 Å². The molecule has 2 amide bonds. The van der Waals surface area contributed by atoms with Crippen LogP contribution in [0.25, 0.3) is 11.0 Å². The van der Waals surface area contributed by atoms with E-state index >= 15 is 0 Å². The Bertz CT molecular complexity index is 1130. The van der Waals surface area contributed by atoms with Gasteiger partial charge in [0, 0.05) is 18.8 Å². The van der Waals surface area contributed by atoms with Crippen molar-refractivity contribution in [2.45, 2.75) is 45.3 Å². The van der Waals surface area contributed by atoms with Crippen LogP contribution in [0.15, 0.2) is 53.7 Å².